The number of hydrogen-bond donors (Lipinski definition) is 2. The van der Waals surface area contributed by atoms with Gasteiger partial charge in [-0.25, -0.2) is 9.18 Å². The number of carbonyl (C=O) groups is 1. The van der Waals surface area contributed by atoms with E-state index in [-0.39, 0.29) is 5.56 Å². The first-order valence-electron chi connectivity index (χ1n) is 12.0. The highest BCUT2D eigenvalue weighted by molar-refractivity contribution is 5.95. The number of alkyl halides is 4. The summed E-state index contributed by atoms with van der Waals surface area (Å²) in [5.41, 5.74) is 1.78. The second-order valence-electron chi connectivity index (χ2n) is 8.65. The van der Waals surface area contributed by atoms with Crippen LogP contribution in [0.15, 0.2) is 47.7 Å². The zero-order valence-electron chi connectivity index (χ0n) is 20.9. The SMILES string of the molecule is CCCCn1cc(-c2ccc(O[C@H]3CCNC[C@@H]3F)c(OC)c2)c2ccncc2c1=O.O=C(O)C(F)(F)F. The first-order chi connectivity index (χ1) is 18.1. The van der Waals surface area contributed by atoms with Gasteiger partial charge < -0.3 is 24.5 Å². The third kappa shape index (κ3) is 7.00. The number of aryl methyl sites for hydroxylation is 1. The molecule has 0 unspecified atom stereocenters. The summed E-state index contributed by atoms with van der Waals surface area (Å²) in [5.74, 6) is -1.70. The van der Waals surface area contributed by atoms with Crippen molar-refractivity contribution in [2.75, 3.05) is 20.2 Å². The summed E-state index contributed by atoms with van der Waals surface area (Å²) in [6, 6.07) is 7.48. The van der Waals surface area contributed by atoms with Gasteiger partial charge in [-0.1, -0.05) is 19.4 Å². The molecule has 1 aromatic carbocycles. The summed E-state index contributed by atoms with van der Waals surface area (Å²) in [5, 5.41) is 11.6. The number of rotatable bonds is 7. The average molecular weight is 540 g/mol. The van der Waals surface area contributed by atoms with E-state index < -0.39 is 24.4 Å². The lowest BCUT2D eigenvalue weighted by molar-refractivity contribution is -0.192. The molecule has 1 aliphatic heterocycles. The molecule has 3 heterocycles. The number of nitrogens with zero attached hydrogens (tertiary/aromatic N) is 2. The van der Waals surface area contributed by atoms with Crippen LogP contribution in [0.4, 0.5) is 17.6 Å². The largest absolute Gasteiger partial charge is 0.493 e. The molecular weight excluding hydrogens is 510 g/mol. The molecule has 2 atom stereocenters. The Labute approximate surface area is 216 Å². The summed E-state index contributed by atoms with van der Waals surface area (Å²) in [4.78, 5) is 25.9. The van der Waals surface area contributed by atoms with Crippen molar-refractivity contribution in [3.05, 3.63) is 53.2 Å². The Balaban J connectivity index is 0.000000505. The number of methoxy groups -OCH3 is 1. The molecule has 4 rings (SSSR count). The quantitative estimate of drug-likeness (QED) is 0.424. The molecule has 2 aromatic heterocycles. The van der Waals surface area contributed by atoms with E-state index >= 15 is 0 Å². The van der Waals surface area contributed by atoms with Crippen LogP contribution in [0, 0.1) is 0 Å². The topological polar surface area (TPSA) is 103 Å². The lowest BCUT2D eigenvalue weighted by Crippen LogP contribution is -2.44. The summed E-state index contributed by atoms with van der Waals surface area (Å²) in [6.07, 6.45) is 1.10. The molecule has 0 saturated carbocycles. The predicted molar refractivity (Wildman–Crippen MR) is 133 cm³/mol. The van der Waals surface area contributed by atoms with Gasteiger partial charge in [0.05, 0.1) is 12.5 Å². The second-order valence-corrected chi connectivity index (χ2v) is 8.65. The minimum Gasteiger partial charge on any atom is -0.493 e. The Kier molecular flexibility index (Phi) is 9.67. The number of fused-ring (bicyclic) bond motifs is 1. The van der Waals surface area contributed by atoms with E-state index in [1.807, 2.05) is 30.5 Å². The number of aromatic nitrogens is 2. The maximum atomic E-state index is 14.2. The number of piperidine rings is 1. The zero-order valence-corrected chi connectivity index (χ0v) is 20.9. The summed E-state index contributed by atoms with van der Waals surface area (Å²) >= 11 is 0. The Hall–Kier alpha value is -3.67. The molecule has 38 heavy (non-hydrogen) atoms. The van der Waals surface area contributed by atoms with Crippen LogP contribution >= 0.6 is 0 Å². The molecule has 1 aliphatic rings. The van der Waals surface area contributed by atoms with Gasteiger partial charge in [-0.15, -0.1) is 0 Å². The molecule has 2 N–H and O–H groups in total. The van der Waals surface area contributed by atoms with Gasteiger partial charge in [-0.2, -0.15) is 13.2 Å². The highest BCUT2D eigenvalue weighted by Crippen LogP contribution is 2.36. The lowest BCUT2D eigenvalue weighted by Gasteiger charge is -2.28. The number of pyridine rings is 2. The van der Waals surface area contributed by atoms with Crippen molar-refractivity contribution in [3.63, 3.8) is 0 Å². The van der Waals surface area contributed by atoms with Crippen LogP contribution in [0.1, 0.15) is 26.2 Å². The maximum Gasteiger partial charge on any atom is 0.490 e. The number of benzene rings is 1. The van der Waals surface area contributed by atoms with Crippen molar-refractivity contribution < 1.29 is 36.9 Å². The normalized spacial score (nSPS) is 17.4. The van der Waals surface area contributed by atoms with Gasteiger partial charge in [-0.05, 0) is 48.5 Å². The van der Waals surface area contributed by atoms with Crippen LogP contribution in [0.3, 0.4) is 0 Å². The predicted octanol–water partition coefficient (Wildman–Crippen LogP) is 4.58. The Morgan fingerprint density at radius 2 is 1.97 bits per heavy atom. The number of unbranched alkanes of at least 4 members (excludes halogenated alkanes) is 1. The molecule has 206 valence electrons. The molecule has 1 fully saturated rings. The van der Waals surface area contributed by atoms with E-state index in [1.165, 1.54) is 0 Å². The number of nitrogens with one attached hydrogen (secondary N) is 1. The number of halogens is 4. The zero-order chi connectivity index (χ0) is 27.9. The van der Waals surface area contributed by atoms with E-state index in [2.05, 4.69) is 17.2 Å². The van der Waals surface area contributed by atoms with Gasteiger partial charge >= 0.3 is 12.1 Å². The van der Waals surface area contributed by atoms with Gasteiger partial charge in [0.15, 0.2) is 11.5 Å². The molecule has 8 nitrogen and oxygen atoms in total. The van der Waals surface area contributed by atoms with E-state index in [0.29, 0.717) is 36.4 Å². The van der Waals surface area contributed by atoms with E-state index in [1.54, 1.807) is 24.1 Å². The van der Waals surface area contributed by atoms with Crippen molar-refractivity contribution in [2.45, 2.75) is 51.2 Å². The fourth-order valence-electron chi connectivity index (χ4n) is 3.99. The average Bonchev–Trinajstić information content (AvgIpc) is 2.90. The first-order valence-corrected chi connectivity index (χ1v) is 12.0. The van der Waals surface area contributed by atoms with Crippen LogP contribution in [0.25, 0.3) is 21.9 Å². The van der Waals surface area contributed by atoms with E-state index in [9.17, 15) is 22.4 Å². The molecule has 3 aromatic rings. The maximum absolute atomic E-state index is 14.2. The smallest absolute Gasteiger partial charge is 0.490 e. The standard InChI is InChI=1S/C24H28FN3O3.C2HF3O2/c1-3-4-11-28-15-19(17-7-9-26-13-18(17)24(28)29)16-5-6-22(23(12-16)30-2)31-21-8-10-27-14-20(21)25;3-2(4,5)1(6)7/h5-7,9,12-13,15,20-21,27H,3-4,8,10-11,14H2,1-2H3;(H,6,7)/t20-,21-;/m0./s1. The number of carboxylic acids is 1. The third-order valence-electron chi connectivity index (χ3n) is 5.98. The highest BCUT2D eigenvalue weighted by atomic mass is 19.4. The van der Waals surface area contributed by atoms with E-state index in [0.717, 1.165) is 35.9 Å². The molecule has 0 spiro atoms. The van der Waals surface area contributed by atoms with Gasteiger partial charge in [0, 0.05) is 37.2 Å². The van der Waals surface area contributed by atoms with Crippen LogP contribution < -0.4 is 20.3 Å². The van der Waals surface area contributed by atoms with Gasteiger partial charge in [0.25, 0.3) is 5.56 Å². The van der Waals surface area contributed by atoms with Crippen LogP contribution in [0.5, 0.6) is 11.5 Å². The molecule has 0 amide bonds. The van der Waals surface area contributed by atoms with Gasteiger partial charge in [0.1, 0.15) is 12.3 Å². The minimum absolute atomic E-state index is 0.0351. The van der Waals surface area contributed by atoms with Crippen LogP contribution in [-0.4, -0.2) is 59.3 Å². The van der Waals surface area contributed by atoms with Gasteiger partial charge in [-0.3, -0.25) is 9.78 Å². The van der Waals surface area contributed by atoms with Crippen molar-refractivity contribution in [2.24, 2.45) is 0 Å². The third-order valence-corrected chi connectivity index (χ3v) is 5.98. The Morgan fingerprint density at radius 1 is 1.24 bits per heavy atom. The van der Waals surface area contributed by atoms with Crippen LogP contribution in [0.2, 0.25) is 0 Å². The van der Waals surface area contributed by atoms with Crippen molar-refractivity contribution in [3.8, 4) is 22.6 Å². The summed E-state index contributed by atoms with van der Waals surface area (Å²) in [6.45, 7) is 3.77. The van der Waals surface area contributed by atoms with Gasteiger partial charge in [0.2, 0.25) is 0 Å². The number of aliphatic carboxylic acids is 1. The minimum atomic E-state index is -5.08. The van der Waals surface area contributed by atoms with Crippen molar-refractivity contribution >= 4 is 16.7 Å². The molecule has 0 bridgehead atoms. The Morgan fingerprint density at radius 3 is 2.61 bits per heavy atom. The molecule has 0 radical (unpaired) electrons. The number of hydrogen-bond acceptors (Lipinski definition) is 6. The fourth-order valence-corrected chi connectivity index (χ4v) is 3.99. The number of ether oxygens (including phenoxy) is 2. The molecule has 0 aliphatic carbocycles. The van der Waals surface area contributed by atoms with E-state index in [4.69, 9.17) is 19.4 Å². The number of carboxylic acid groups (broad SMARTS) is 1. The Bertz CT molecular complexity index is 1310. The second kappa shape index (κ2) is 12.7. The van der Waals surface area contributed by atoms with Crippen LogP contribution in [-0.2, 0) is 11.3 Å². The fraction of sp³-hybridized carbons (Fsp3) is 0.423. The lowest BCUT2D eigenvalue weighted by atomic mass is 10.0. The van der Waals surface area contributed by atoms with Crippen molar-refractivity contribution in [1.82, 2.24) is 14.9 Å². The first kappa shape index (κ1) is 28.9. The summed E-state index contributed by atoms with van der Waals surface area (Å²) in [7, 11) is 1.57. The van der Waals surface area contributed by atoms with Crippen molar-refractivity contribution in [1.29, 1.82) is 0 Å². The molecular formula is C26H29F4N3O5. The summed E-state index contributed by atoms with van der Waals surface area (Å²) < 4.78 is 59.2. The monoisotopic (exact) mass is 539 g/mol. The molecule has 1 saturated heterocycles. The molecule has 12 heteroatoms. The highest BCUT2D eigenvalue weighted by Gasteiger charge is 2.38.